The maximum absolute atomic E-state index is 13.7. The molecule has 0 aliphatic rings. The Balaban J connectivity index is 2.41. The third-order valence-corrected chi connectivity index (χ3v) is 2.18. The molecule has 1 aromatic carbocycles. The number of aromatic nitrogens is 1. The molecule has 0 amide bonds. The Hall–Kier alpha value is -2.37. The topological polar surface area (TPSA) is 78.4 Å². The van der Waals surface area contributed by atoms with Gasteiger partial charge < -0.3 is 15.0 Å². The number of esters is 1. The average molecular weight is 236 g/mol. The van der Waals surface area contributed by atoms with Gasteiger partial charge in [-0.3, -0.25) is 0 Å². The van der Waals surface area contributed by atoms with Gasteiger partial charge in [-0.1, -0.05) is 5.16 Å². The first-order valence-corrected chi connectivity index (χ1v) is 4.72. The number of rotatable bonds is 2. The summed E-state index contributed by atoms with van der Waals surface area (Å²) < 4.78 is 23.0. The van der Waals surface area contributed by atoms with Crippen molar-refractivity contribution < 1.29 is 18.4 Å². The predicted octanol–water partition coefficient (Wildman–Crippen LogP) is 1.85. The highest BCUT2D eigenvalue weighted by Gasteiger charge is 2.14. The fraction of sp³-hybridized carbons (Fsp3) is 0.0909. The van der Waals surface area contributed by atoms with Crippen LogP contribution in [0.5, 0.6) is 0 Å². The quantitative estimate of drug-likeness (QED) is 0.805. The maximum atomic E-state index is 13.7. The van der Waals surface area contributed by atoms with Gasteiger partial charge in [-0.15, -0.1) is 0 Å². The Morgan fingerprint density at radius 3 is 2.76 bits per heavy atom. The summed E-state index contributed by atoms with van der Waals surface area (Å²) in [5, 5.41) is 3.45. The zero-order chi connectivity index (χ0) is 12.4. The molecule has 2 rings (SSSR count). The molecule has 88 valence electrons. The number of nitrogens with zero attached hydrogens (tertiary/aromatic N) is 1. The second kappa shape index (κ2) is 4.25. The molecule has 0 bridgehead atoms. The normalized spacial score (nSPS) is 10.2. The molecular formula is C11H9FN2O3. The van der Waals surface area contributed by atoms with E-state index in [0.29, 0.717) is 0 Å². The minimum Gasteiger partial charge on any atom is -0.465 e. The molecule has 0 unspecified atom stereocenters. The molecule has 1 heterocycles. The number of ether oxygens (including phenoxy) is 1. The molecule has 5 nitrogen and oxygen atoms in total. The molecule has 17 heavy (non-hydrogen) atoms. The Bertz CT molecular complexity index is 566. The maximum Gasteiger partial charge on any atom is 0.337 e. The van der Waals surface area contributed by atoms with Crippen molar-refractivity contribution in [2.24, 2.45) is 0 Å². The van der Waals surface area contributed by atoms with Crippen LogP contribution in [0.15, 0.2) is 28.8 Å². The third kappa shape index (κ3) is 2.10. The number of anilines is 1. The third-order valence-electron chi connectivity index (χ3n) is 2.18. The van der Waals surface area contributed by atoms with E-state index in [4.69, 9.17) is 10.3 Å². The van der Waals surface area contributed by atoms with Crippen LogP contribution in [-0.2, 0) is 4.74 Å². The van der Waals surface area contributed by atoms with Gasteiger partial charge in [0.2, 0.25) is 0 Å². The van der Waals surface area contributed by atoms with E-state index in [-0.39, 0.29) is 22.7 Å². The van der Waals surface area contributed by atoms with E-state index in [9.17, 15) is 9.18 Å². The van der Waals surface area contributed by atoms with Crippen molar-refractivity contribution in [1.82, 2.24) is 5.16 Å². The molecule has 2 aromatic rings. The van der Waals surface area contributed by atoms with Crippen LogP contribution in [0.25, 0.3) is 11.3 Å². The highest BCUT2D eigenvalue weighted by molar-refractivity contribution is 5.89. The smallest absolute Gasteiger partial charge is 0.337 e. The predicted molar refractivity (Wildman–Crippen MR) is 57.6 cm³/mol. The lowest BCUT2D eigenvalue weighted by molar-refractivity contribution is 0.0600. The van der Waals surface area contributed by atoms with E-state index in [1.54, 1.807) is 0 Å². The summed E-state index contributed by atoms with van der Waals surface area (Å²) in [4.78, 5) is 11.2. The van der Waals surface area contributed by atoms with Gasteiger partial charge in [-0.05, 0) is 18.2 Å². The van der Waals surface area contributed by atoms with Gasteiger partial charge in [0.25, 0.3) is 0 Å². The average Bonchev–Trinajstić information content (AvgIpc) is 2.74. The summed E-state index contributed by atoms with van der Waals surface area (Å²) in [5.74, 6) is -0.843. The number of nitrogens with two attached hydrogens (primary N) is 1. The van der Waals surface area contributed by atoms with Crippen molar-refractivity contribution >= 4 is 11.8 Å². The van der Waals surface area contributed by atoms with Gasteiger partial charge in [0.1, 0.15) is 5.82 Å². The molecule has 0 radical (unpaired) electrons. The van der Waals surface area contributed by atoms with Gasteiger partial charge in [0.15, 0.2) is 11.6 Å². The Labute approximate surface area is 96.0 Å². The van der Waals surface area contributed by atoms with Crippen molar-refractivity contribution in [3.63, 3.8) is 0 Å². The fourth-order valence-corrected chi connectivity index (χ4v) is 1.38. The Kier molecular flexibility index (Phi) is 2.78. The van der Waals surface area contributed by atoms with Crippen molar-refractivity contribution in [2.75, 3.05) is 12.8 Å². The molecule has 0 aliphatic carbocycles. The molecular weight excluding hydrogens is 227 g/mol. The van der Waals surface area contributed by atoms with Crippen LogP contribution in [-0.4, -0.2) is 18.2 Å². The number of halogens is 1. The van der Waals surface area contributed by atoms with Crippen molar-refractivity contribution in [1.29, 1.82) is 0 Å². The van der Waals surface area contributed by atoms with Gasteiger partial charge in [-0.2, -0.15) is 0 Å². The van der Waals surface area contributed by atoms with E-state index < -0.39 is 11.8 Å². The number of carbonyl (C=O) groups is 1. The van der Waals surface area contributed by atoms with Crippen LogP contribution in [0.4, 0.5) is 10.2 Å². The van der Waals surface area contributed by atoms with Crippen LogP contribution in [0.3, 0.4) is 0 Å². The fourth-order valence-electron chi connectivity index (χ4n) is 1.38. The number of hydrogen-bond acceptors (Lipinski definition) is 5. The van der Waals surface area contributed by atoms with Gasteiger partial charge in [0.05, 0.1) is 18.2 Å². The first kappa shape index (κ1) is 11.1. The van der Waals surface area contributed by atoms with E-state index in [2.05, 4.69) is 9.89 Å². The van der Waals surface area contributed by atoms with Gasteiger partial charge in [0, 0.05) is 6.07 Å². The summed E-state index contributed by atoms with van der Waals surface area (Å²) >= 11 is 0. The summed E-state index contributed by atoms with van der Waals surface area (Å²) in [6.45, 7) is 0. The molecule has 0 aliphatic heterocycles. The zero-order valence-corrected chi connectivity index (χ0v) is 8.94. The minimum atomic E-state index is -0.607. The first-order chi connectivity index (χ1) is 8.11. The second-order valence-corrected chi connectivity index (χ2v) is 3.30. The first-order valence-electron chi connectivity index (χ1n) is 4.72. The SMILES string of the molecule is COC(=O)c1ccc(-c2cc(N)no2)c(F)c1. The molecule has 1 aromatic heterocycles. The van der Waals surface area contributed by atoms with Crippen LogP contribution < -0.4 is 5.73 Å². The summed E-state index contributed by atoms with van der Waals surface area (Å²) in [7, 11) is 1.23. The lowest BCUT2D eigenvalue weighted by Gasteiger charge is -2.02. The van der Waals surface area contributed by atoms with Crippen LogP contribution in [0.2, 0.25) is 0 Å². The molecule has 0 saturated heterocycles. The highest BCUT2D eigenvalue weighted by atomic mass is 19.1. The van der Waals surface area contributed by atoms with E-state index in [0.717, 1.165) is 6.07 Å². The molecule has 2 N–H and O–H groups in total. The van der Waals surface area contributed by atoms with Crippen LogP contribution in [0.1, 0.15) is 10.4 Å². The zero-order valence-electron chi connectivity index (χ0n) is 8.94. The van der Waals surface area contributed by atoms with Gasteiger partial charge in [-0.25, -0.2) is 9.18 Å². The summed E-state index contributed by atoms with van der Waals surface area (Å²) in [6, 6.07) is 5.31. The standard InChI is InChI=1S/C11H9FN2O3/c1-16-11(15)6-2-3-7(8(12)4-6)9-5-10(13)14-17-9/h2-5H,1H3,(H2,13,14). The number of methoxy groups -OCH3 is 1. The Morgan fingerprint density at radius 2 is 2.24 bits per heavy atom. The van der Waals surface area contributed by atoms with E-state index in [1.165, 1.54) is 25.3 Å². The van der Waals surface area contributed by atoms with E-state index in [1.807, 2.05) is 0 Å². The lowest BCUT2D eigenvalue weighted by atomic mass is 10.1. The van der Waals surface area contributed by atoms with Crippen molar-refractivity contribution in [3.05, 3.63) is 35.6 Å². The number of hydrogen-bond donors (Lipinski definition) is 1. The minimum absolute atomic E-state index is 0.126. The molecule has 0 spiro atoms. The lowest BCUT2D eigenvalue weighted by Crippen LogP contribution is -2.01. The monoisotopic (exact) mass is 236 g/mol. The van der Waals surface area contributed by atoms with Gasteiger partial charge >= 0.3 is 5.97 Å². The second-order valence-electron chi connectivity index (χ2n) is 3.30. The summed E-state index contributed by atoms with van der Waals surface area (Å²) in [5.41, 5.74) is 5.67. The molecule has 0 saturated carbocycles. The number of benzene rings is 1. The Morgan fingerprint density at radius 1 is 1.47 bits per heavy atom. The number of carbonyl (C=O) groups excluding carboxylic acids is 1. The highest BCUT2D eigenvalue weighted by Crippen LogP contribution is 2.25. The molecule has 6 heteroatoms. The van der Waals surface area contributed by atoms with Crippen LogP contribution >= 0.6 is 0 Å². The molecule has 0 atom stereocenters. The van der Waals surface area contributed by atoms with E-state index >= 15 is 0 Å². The van der Waals surface area contributed by atoms with Crippen LogP contribution in [0, 0.1) is 5.82 Å². The number of nitrogen functional groups attached to an aromatic ring is 1. The molecule has 0 fully saturated rings. The summed E-state index contributed by atoms with van der Waals surface area (Å²) in [6.07, 6.45) is 0. The van der Waals surface area contributed by atoms with Crippen molar-refractivity contribution in [2.45, 2.75) is 0 Å². The van der Waals surface area contributed by atoms with Crippen molar-refractivity contribution in [3.8, 4) is 11.3 Å². The largest absolute Gasteiger partial charge is 0.465 e.